The van der Waals surface area contributed by atoms with Crippen molar-refractivity contribution in [3.8, 4) is 5.19 Å². The van der Waals surface area contributed by atoms with Crippen LogP contribution in [0.15, 0.2) is 24.5 Å². The number of rotatable bonds is 11. The third-order valence-corrected chi connectivity index (χ3v) is 10.7. The highest BCUT2D eigenvalue weighted by Crippen LogP contribution is 2.37. The van der Waals surface area contributed by atoms with Crippen molar-refractivity contribution in [3.63, 3.8) is 0 Å². The van der Waals surface area contributed by atoms with Crippen molar-refractivity contribution in [1.29, 1.82) is 0 Å². The summed E-state index contributed by atoms with van der Waals surface area (Å²) in [4.78, 5) is 15.7. The van der Waals surface area contributed by atoms with Crippen LogP contribution in [0.4, 0.5) is 10.3 Å². The zero-order valence-corrected chi connectivity index (χ0v) is 24.6. The van der Waals surface area contributed by atoms with Crippen LogP contribution in [0.25, 0.3) is 10.2 Å². The molecule has 2 fully saturated rings. The zero-order valence-electron chi connectivity index (χ0n) is 23.0. The Labute approximate surface area is 239 Å². The van der Waals surface area contributed by atoms with E-state index in [1.165, 1.54) is 15.6 Å². The van der Waals surface area contributed by atoms with Crippen molar-refractivity contribution in [2.45, 2.75) is 70.3 Å². The number of fused-ring (bicyclic) bond motifs is 1. The Kier molecular flexibility index (Phi) is 9.49. The molecule has 9 nitrogen and oxygen atoms in total. The Morgan fingerprint density at radius 2 is 1.80 bits per heavy atom. The van der Waals surface area contributed by atoms with Crippen LogP contribution in [0, 0.1) is 5.82 Å². The summed E-state index contributed by atoms with van der Waals surface area (Å²) in [6.45, 7) is 4.57. The van der Waals surface area contributed by atoms with Gasteiger partial charge in [0, 0.05) is 58.0 Å². The molecule has 0 unspecified atom stereocenters. The van der Waals surface area contributed by atoms with Crippen molar-refractivity contribution < 1.29 is 22.7 Å². The number of nitrogens with zero attached hydrogens (tertiary/aromatic N) is 5. The molecule has 0 aliphatic carbocycles. The fourth-order valence-electron chi connectivity index (χ4n) is 5.51. The molecule has 2 aliphatic heterocycles. The summed E-state index contributed by atoms with van der Waals surface area (Å²) in [7, 11) is -3.32. The summed E-state index contributed by atoms with van der Waals surface area (Å²) in [6.07, 6.45) is 9.73. The number of anilines is 1. The highest BCUT2D eigenvalue weighted by Gasteiger charge is 2.29. The number of halogens is 1. The van der Waals surface area contributed by atoms with Crippen LogP contribution < -0.4 is 9.64 Å². The Morgan fingerprint density at radius 1 is 1.07 bits per heavy atom. The lowest BCUT2D eigenvalue weighted by atomic mass is 9.90. The van der Waals surface area contributed by atoms with Gasteiger partial charge < -0.3 is 14.7 Å². The molecule has 5 rings (SSSR count). The average molecular weight is 592 g/mol. The molecular formula is C28H38FN5O4S2. The quantitative estimate of drug-likeness (QED) is 0.325. The maximum atomic E-state index is 15.1. The first-order chi connectivity index (χ1) is 19.4. The lowest BCUT2D eigenvalue weighted by molar-refractivity contribution is 0.170. The number of aryl methyl sites for hydroxylation is 1. The minimum atomic E-state index is -3.32. The zero-order chi connectivity index (χ0) is 28.1. The van der Waals surface area contributed by atoms with E-state index in [2.05, 4.69) is 26.8 Å². The van der Waals surface area contributed by atoms with Gasteiger partial charge >= 0.3 is 0 Å². The van der Waals surface area contributed by atoms with Crippen molar-refractivity contribution in [1.82, 2.24) is 19.3 Å². The van der Waals surface area contributed by atoms with E-state index in [1.54, 1.807) is 6.07 Å². The predicted octanol–water partition coefficient (Wildman–Crippen LogP) is 4.51. The molecule has 2 aromatic heterocycles. The second kappa shape index (κ2) is 13.1. The lowest BCUT2D eigenvalue weighted by Crippen LogP contribution is -2.39. The number of thiazole rings is 1. The fourth-order valence-corrected chi connectivity index (χ4v) is 8.05. The number of aliphatic hydroxyl groups excluding tert-OH is 1. The van der Waals surface area contributed by atoms with Crippen LogP contribution >= 0.6 is 11.3 Å². The molecule has 0 radical (unpaired) electrons. The molecule has 2 aliphatic rings. The fraction of sp³-hybridized carbons (Fsp3) is 0.607. The standard InChI is InChI=1S/C28H38FN5O4S2/c1-2-5-20-18-30-27(31-19-20)33-10-8-23(9-11-33)38-28-32-26-24(29)16-22(17-25(26)39-28)21-6-12-34(13-7-21)40(36,37)15-4-3-14-35/h16-19,21,23,35H,2-15H2,1H3. The number of piperidine rings is 2. The minimum absolute atomic E-state index is 0.00119. The number of aliphatic hydroxyl groups is 1. The van der Waals surface area contributed by atoms with E-state index >= 15 is 4.39 Å². The molecule has 4 heterocycles. The number of sulfonamides is 1. The van der Waals surface area contributed by atoms with E-state index in [-0.39, 0.29) is 30.2 Å². The molecule has 3 aromatic rings. The van der Waals surface area contributed by atoms with Gasteiger partial charge in [0.1, 0.15) is 11.6 Å². The summed E-state index contributed by atoms with van der Waals surface area (Å²) in [6, 6.07) is 3.54. The molecule has 0 atom stereocenters. The smallest absolute Gasteiger partial charge is 0.274 e. The Morgan fingerprint density at radius 3 is 2.48 bits per heavy atom. The van der Waals surface area contributed by atoms with Gasteiger partial charge in [-0.25, -0.2) is 27.1 Å². The van der Waals surface area contributed by atoms with Gasteiger partial charge in [0.05, 0.1) is 10.5 Å². The van der Waals surface area contributed by atoms with E-state index in [9.17, 15) is 8.42 Å². The Hall–Kier alpha value is -2.41. The highest BCUT2D eigenvalue weighted by atomic mass is 32.2. The van der Waals surface area contributed by atoms with Crippen molar-refractivity contribution in [2.24, 2.45) is 0 Å². The summed E-state index contributed by atoms with van der Waals surface area (Å²) in [5.41, 5.74) is 2.36. The number of unbranched alkanes of at least 4 members (excludes halogenated alkanes) is 1. The summed E-state index contributed by atoms with van der Waals surface area (Å²) < 4.78 is 48.7. The summed E-state index contributed by atoms with van der Waals surface area (Å²) in [5, 5.41) is 9.41. The summed E-state index contributed by atoms with van der Waals surface area (Å²) >= 11 is 1.36. The maximum absolute atomic E-state index is 15.1. The monoisotopic (exact) mass is 591 g/mol. The third-order valence-electron chi connectivity index (χ3n) is 7.80. The van der Waals surface area contributed by atoms with E-state index in [1.807, 2.05) is 18.5 Å². The Bertz CT molecular complexity index is 1370. The normalized spacial score (nSPS) is 18.0. The minimum Gasteiger partial charge on any atom is -0.467 e. The topological polar surface area (TPSA) is 109 Å². The number of ether oxygens (including phenoxy) is 1. The first kappa shape index (κ1) is 29.1. The van der Waals surface area contributed by atoms with Crippen molar-refractivity contribution in [3.05, 3.63) is 41.5 Å². The predicted molar refractivity (Wildman–Crippen MR) is 155 cm³/mol. The molecule has 1 N–H and O–H groups in total. The van der Waals surface area contributed by atoms with Gasteiger partial charge in [-0.3, -0.25) is 0 Å². The van der Waals surface area contributed by atoms with E-state index in [0.717, 1.165) is 60.5 Å². The number of benzene rings is 1. The molecule has 40 heavy (non-hydrogen) atoms. The molecule has 1 aromatic carbocycles. The average Bonchev–Trinajstić information content (AvgIpc) is 3.37. The SMILES string of the molecule is CCCc1cnc(N2CCC(Oc3nc4c(F)cc(C5CCN(S(=O)(=O)CCCCO)CC5)cc4s3)CC2)nc1. The third kappa shape index (κ3) is 6.89. The molecule has 0 bridgehead atoms. The van der Waals surface area contributed by atoms with Gasteiger partial charge in [-0.2, -0.15) is 4.98 Å². The number of hydrogen-bond acceptors (Lipinski definition) is 9. The van der Waals surface area contributed by atoms with Gasteiger partial charge in [0.2, 0.25) is 16.0 Å². The van der Waals surface area contributed by atoms with Gasteiger partial charge in [0.25, 0.3) is 5.19 Å². The number of aromatic nitrogens is 3. The van der Waals surface area contributed by atoms with Crippen LogP contribution in [0.2, 0.25) is 0 Å². The second-order valence-electron chi connectivity index (χ2n) is 10.7. The van der Waals surface area contributed by atoms with Crippen LogP contribution in [0.5, 0.6) is 5.19 Å². The maximum Gasteiger partial charge on any atom is 0.274 e. The Balaban J connectivity index is 1.17. The molecule has 0 amide bonds. The second-order valence-corrected chi connectivity index (χ2v) is 13.8. The lowest BCUT2D eigenvalue weighted by Gasteiger charge is -2.31. The first-order valence-corrected chi connectivity index (χ1v) is 16.7. The van der Waals surface area contributed by atoms with Crippen LogP contribution in [0.3, 0.4) is 0 Å². The summed E-state index contributed by atoms with van der Waals surface area (Å²) in [5.74, 6) is 0.535. The van der Waals surface area contributed by atoms with Gasteiger partial charge in [-0.05, 0) is 61.3 Å². The van der Waals surface area contributed by atoms with Crippen molar-refractivity contribution in [2.75, 3.05) is 43.4 Å². The van der Waals surface area contributed by atoms with Crippen molar-refractivity contribution >= 4 is 37.5 Å². The van der Waals surface area contributed by atoms with Gasteiger partial charge in [0.15, 0.2) is 5.82 Å². The van der Waals surface area contributed by atoms with E-state index < -0.39 is 10.0 Å². The van der Waals surface area contributed by atoms with E-state index in [4.69, 9.17) is 9.84 Å². The highest BCUT2D eigenvalue weighted by molar-refractivity contribution is 7.89. The van der Waals surface area contributed by atoms with Gasteiger partial charge in [-0.1, -0.05) is 24.7 Å². The molecular weight excluding hydrogens is 553 g/mol. The first-order valence-electron chi connectivity index (χ1n) is 14.3. The largest absolute Gasteiger partial charge is 0.467 e. The molecule has 218 valence electrons. The molecule has 2 saturated heterocycles. The molecule has 0 saturated carbocycles. The number of hydrogen-bond donors (Lipinski definition) is 1. The molecule has 12 heteroatoms. The molecule has 0 spiro atoms. The van der Waals surface area contributed by atoms with Gasteiger partial charge in [-0.15, -0.1) is 0 Å². The van der Waals surface area contributed by atoms with Crippen LogP contribution in [-0.2, 0) is 16.4 Å². The van der Waals surface area contributed by atoms with Crippen LogP contribution in [0.1, 0.15) is 68.9 Å². The van der Waals surface area contributed by atoms with E-state index in [0.29, 0.717) is 49.5 Å². The van der Waals surface area contributed by atoms with Crippen LogP contribution in [-0.4, -0.2) is 77.4 Å².